The van der Waals surface area contributed by atoms with Crippen LogP contribution < -0.4 is 10.6 Å². The Hall–Kier alpha value is -1.39. The third-order valence-corrected chi connectivity index (χ3v) is 7.44. The third-order valence-electron chi connectivity index (χ3n) is 7.44. The first-order valence-electron chi connectivity index (χ1n) is 12.7. The molecule has 0 saturated heterocycles. The van der Waals surface area contributed by atoms with Gasteiger partial charge in [-0.15, -0.1) is 0 Å². The molecule has 5 heteroatoms. The van der Waals surface area contributed by atoms with Gasteiger partial charge < -0.3 is 10.6 Å². The first-order valence-corrected chi connectivity index (χ1v) is 12.7. The zero-order chi connectivity index (χ0) is 21.2. The first kappa shape index (κ1) is 23.3. The molecule has 2 N–H and O–H groups in total. The van der Waals surface area contributed by atoms with Gasteiger partial charge in [-0.05, 0) is 31.6 Å². The Bertz CT molecular complexity index is 525. The molecular formula is C25H42N2O3. The lowest BCUT2D eigenvalue weighted by Gasteiger charge is -2.27. The minimum Gasteiger partial charge on any atom is -0.353 e. The van der Waals surface area contributed by atoms with Gasteiger partial charge in [0, 0.05) is 31.3 Å². The van der Waals surface area contributed by atoms with Gasteiger partial charge in [0.15, 0.2) is 0 Å². The van der Waals surface area contributed by atoms with Gasteiger partial charge in [-0.3, -0.25) is 14.4 Å². The Morgan fingerprint density at radius 1 is 0.633 bits per heavy atom. The van der Waals surface area contributed by atoms with Crippen LogP contribution in [0.3, 0.4) is 0 Å². The second-order valence-corrected chi connectivity index (χ2v) is 10.1. The van der Waals surface area contributed by atoms with Crippen molar-refractivity contribution >= 4 is 17.6 Å². The number of hydrogen-bond acceptors (Lipinski definition) is 3. The maximum absolute atomic E-state index is 13.0. The first-order chi connectivity index (χ1) is 14.6. The van der Waals surface area contributed by atoms with Crippen LogP contribution in [-0.4, -0.2) is 29.7 Å². The summed E-state index contributed by atoms with van der Waals surface area (Å²) in [5.74, 6) is -0.0269. The van der Waals surface area contributed by atoms with Crippen LogP contribution in [0.1, 0.15) is 116 Å². The molecule has 0 aliphatic heterocycles. The molecule has 30 heavy (non-hydrogen) atoms. The zero-order valence-electron chi connectivity index (χ0n) is 18.8. The summed E-state index contributed by atoms with van der Waals surface area (Å²) in [6, 6.07) is 0.454. The Morgan fingerprint density at radius 2 is 1.13 bits per heavy atom. The molecule has 0 aromatic heterocycles. The lowest BCUT2D eigenvalue weighted by molar-refractivity contribution is -0.134. The molecular weight excluding hydrogens is 376 g/mol. The molecule has 1 atom stereocenters. The van der Waals surface area contributed by atoms with E-state index < -0.39 is 5.92 Å². The lowest BCUT2D eigenvalue weighted by atomic mass is 9.83. The molecule has 0 aromatic carbocycles. The highest BCUT2D eigenvalue weighted by atomic mass is 16.2. The van der Waals surface area contributed by atoms with E-state index in [1.165, 1.54) is 32.1 Å². The van der Waals surface area contributed by atoms with E-state index in [1.807, 2.05) is 0 Å². The van der Waals surface area contributed by atoms with E-state index in [0.717, 1.165) is 64.2 Å². The maximum Gasteiger partial charge on any atom is 0.224 e. The summed E-state index contributed by atoms with van der Waals surface area (Å²) in [6.07, 6.45) is 18.1. The molecule has 0 bridgehead atoms. The normalized spacial score (nSPS) is 22.9. The number of nitrogens with one attached hydrogen (secondary N) is 2. The molecule has 1 unspecified atom stereocenters. The number of amides is 2. The summed E-state index contributed by atoms with van der Waals surface area (Å²) in [7, 11) is 0. The molecule has 170 valence electrons. The van der Waals surface area contributed by atoms with E-state index in [4.69, 9.17) is 0 Å². The van der Waals surface area contributed by atoms with Crippen LogP contribution in [0.25, 0.3) is 0 Å². The molecule has 2 amide bonds. The fraction of sp³-hybridized carbons (Fsp3) is 0.880. The third kappa shape index (κ3) is 8.03. The fourth-order valence-electron chi connectivity index (χ4n) is 5.65. The largest absolute Gasteiger partial charge is 0.353 e. The van der Waals surface area contributed by atoms with E-state index in [1.54, 1.807) is 0 Å². The maximum atomic E-state index is 13.0. The summed E-state index contributed by atoms with van der Waals surface area (Å²) in [5.41, 5.74) is 0. The zero-order valence-corrected chi connectivity index (χ0v) is 18.8. The predicted molar refractivity (Wildman–Crippen MR) is 119 cm³/mol. The Morgan fingerprint density at radius 3 is 1.70 bits per heavy atom. The van der Waals surface area contributed by atoms with Crippen molar-refractivity contribution in [2.45, 2.75) is 128 Å². The van der Waals surface area contributed by atoms with E-state index in [-0.39, 0.29) is 42.5 Å². The Kier molecular flexibility index (Phi) is 9.67. The van der Waals surface area contributed by atoms with E-state index in [2.05, 4.69) is 10.6 Å². The van der Waals surface area contributed by atoms with Crippen LogP contribution in [0.4, 0.5) is 0 Å². The Labute approximate surface area is 182 Å². The van der Waals surface area contributed by atoms with Crippen molar-refractivity contribution in [3.63, 3.8) is 0 Å². The number of ketones is 1. The molecule has 3 aliphatic rings. The fourth-order valence-corrected chi connectivity index (χ4v) is 5.65. The van der Waals surface area contributed by atoms with Crippen molar-refractivity contribution in [3.05, 3.63) is 0 Å². The average molecular weight is 419 g/mol. The molecule has 0 aromatic rings. The van der Waals surface area contributed by atoms with Gasteiger partial charge in [0.2, 0.25) is 11.8 Å². The second-order valence-electron chi connectivity index (χ2n) is 10.1. The van der Waals surface area contributed by atoms with E-state index in [0.29, 0.717) is 12.3 Å². The number of carbonyl (C=O) groups excluding carboxylic acids is 3. The van der Waals surface area contributed by atoms with Crippen molar-refractivity contribution in [2.75, 3.05) is 0 Å². The number of Topliss-reactive ketones (excluding diaryl/α,β-unsaturated/α-hetero) is 1. The smallest absolute Gasteiger partial charge is 0.224 e. The van der Waals surface area contributed by atoms with Crippen molar-refractivity contribution in [3.8, 4) is 0 Å². The lowest BCUT2D eigenvalue weighted by Crippen LogP contribution is -2.43. The van der Waals surface area contributed by atoms with Crippen molar-refractivity contribution in [1.29, 1.82) is 0 Å². The summed E-state index contributed by atoms with van der Waals surface area (Å²) < 4.78 is 0. The highest BCUT2D eigenvalue weighted by Gasteiger charge is 2.29. The van der Waals surface area contributed by atoms with Gasteiger partial charge in [0.1, 0.15) is 5.78 Å². The minimum atomic E-state index is -0.522. The van der Waals surface area contributed by atoms with Crippen molar-refractivity contribution in [1.82, 2.24) is 10.6 Å². The van der Waals surface area contributed by atoms with Gasteiger partial charge >= 0.3 is 0 Å². The molecule has 3 aliphatic carbocycles. The SMILES string of the molecule is O=C(CC1CCCCC1)CC(CC(=O)NC1CCCCC1)C(=O)NC1CCCCC1. The van der Waals surface area contributed by atoms with Gasteiger partial charge in [-0.2, -0.15) is 0 Å². The van der Waals surface area contributed by atoms with E-state index >= 15 is 0 Å². The van der Waals surface area contributed by atoms with Crippen LogP contribution in [0, 0.1) is 11.8 Å². The highest BCUT2D eigenvalue weighted by Crippen LogP contribution is 2.28. The molecule has 0 heterocycles. The summed E-state index contributed by atoms with van der Waals surface area (Å²) in [5, 5.41) is 6.30. The molecule has 5 nitrogen and oxygen atoms in total. The van der Waals surface area contributed by atoms with Crippen LogP contribution in [0.15, 0.2) is 0 Å². The Balaban J connectivity index is 1.53. The van der Waals surface area contributed by atoms with Crippen molar-refractivity contribution in [2.24, 2.45) is 11.8 Å². The van der Waals surface area contributed by atoms with Crippen LogP contribution in [0.2, 0.25) is 0 Å². The van der Waals surface area contributed by atoms with E-state index in [9.17, 15) is 14.4 Å². The average Bonchev–Trinajstić information content (AvgIpc) is 2.75. The van der Waals surface area contributed by atoms with Gasteiger partial charge in [-0.1, -0.05) is 70.6 Å². The molecule has 3 fully saturated rings. The molecule has 0 spiro atoms. The second kappa shape index (κ2) is 12.5. The topological polar surface area (TPSA) is 75.3 Å². The van der Waals surface area contributed by atoms with Crippen LogP contribution in [0.5, 0.6) is 0 Å². The summed E-state index contributed by atoms with van der Waals surface area (Å²) >= 11 is 0. The highest BCUT2D eigenvalue weighted by molar-refractivity contribution is 5.90. The summed E-state index contributed by atoms with van der Waals surface area (Å²) in [4.78, 5) is 38.5. The number of carbonyl (C=O) groups is 3. The molecule has 3 saturated carbocycles. The van der Waals surface area contributed by atoms with Gasteiger partial charge in [0.05, 0.1) is 5.92 Å². The predicted octanol–water partition coefficient (Wildman–Crippen LogP) is 4.82. The van der Waals surface area contributed by atoms with Gasteiger partial charge in [-0.25, -0.2) is 0 Å². The standard InChI is InChI=1S/C25H42N2O3/c28-23(16-19-10-4-1-5-11-19)17-20(25(30)27-22-14-8-3-9-15-22)18-24(29)26-21-12-6-2-7-13-21/h19-22H,1-18H2,(H,26,29)(H,27,30). The number of hydrogen-bond donors (Lipinski definition) is 2. The quantitative estimate of drug-likeness (QED) is 0.564. The molecule has 0 radical (unpaired) electrons. The molecule has 3 rings (SSSR count). The van der Waals surface area contributed by atoms with Crippen LogP contribution in [-0.2, 0) is 14.4 Å². The number of rotatable bonds is 9. The minimum absolute atomic E-state index is 0.0591. The van der Waals surface area contributed by atoms with Crippen LogP contribution >= 0.6 is 0 Å². The van der Waals surface area contributed by atoms with Gasteiger partial charge in [0.25, 0.3) is 0 Å². The summed E-state index contributed by atoms with van der Waals surface area (Å²) in [6.45, 7) is 0. The van der Waals surface area contributed by atoms with Crippen molar-refractivity contribution < 1.29 is 14.4 Å². The monoisotopic (exact) mass is 418 g/mol.